The minimum Gasteiger partial charge on any atom is -0.355 e. The van der Waals surface area contributed by atoms with E-state index in [-0.39, 0.29) is 18.3 Å². The van der Waals surface area contributed by atoms with Crippen LogP contribution < -0.4 is 5.32 Å². The van der Waals surface area contributed by atoms with Gasteiger partial charge in [-0.1, -0.05) is 6.42 Å². The van der Waals surface area contributed by atoms with Crippen molar-refractivity contribution >= 4 is 18.3 Å². The fourth-order valence-corrected chi connectivity index (χ4v) is 6.44. The molecule has 0 aromatic carbocycles. The first kappa shape index (κ1) is 17.5. The number of hydrogen-bond donors (Lipinski definition) is 1. The molecule has 1 N–H and O–H groups in total. The van der Waals surface area contributed by atoms with Crippen LogP contribution >= 0.6 is 12.4 Å². The average Bonchev–Trinajstić information content (AvgIpc) is 2.46. The summed E-state index contributed by atoms with van der Waals surface area (Å²) >= 11 is 0. The molecule has 0 spiro atoms. The summed E-state index contributed by atoms with van der Waals surface area (Å²) in [4.78, 5) is 14.5. The van der Waals surface area contributed by atoms with Gasteiger partial charge in [0.2, 0.25) is 5.91 Å². The Morgan fingerprint density at radius 1 is 0.957 bits per heavy atom. The van der Waals surface area contributed by atoms with Gasteiger partial charge in [0, 0.05) is 6.54 Å². The molecule has 1 heterocycles. The number of halogens is 1. The van der Waals surface area contributed by atoms with Crippen LogP contribution in [0, 0.1) is 23.2 Å². The van der Waals surface area contributed by atoms with Crippen molar-refractivity contribution in [3.05, 3.63) is 0 Å². The fraction of sp³-hybridized carbons (Fsp3) is 0.947. The zero-order valence-electron chi connectivity index (χ0n) is 14.4. The Labute approximate surface area is 147 Å². The number of likely N-dealkylation sites (tertiary alicyclic amines) is 1. The van der Waals surface area contributed by atoms with Crippen LogP contribution in [0.3, 0.4) is 0 Å². The largest absolute Gasteiger partial charge is 0.355 e. The Balaban J connectivity index is 0.00000156. The topological polar surface area (TPSA) is 32.3 Å². The van der Waals surface area contributed by atoms with Crippen LogP contribution in [0.5, 0.6) is 0 Å². The number of rotatable bonds is 5. The van der Waals surface area contributed by atoms with Crippen molar-refractivity contribution in [3.63, 3.8) is 0 Å². The van der Waals surface area contributed by atoms with Crippen LogP contribution in [-0.2, 0) is 4.79 Å². The van der Waals surface area contributed by atoms with Crippen molar-refractivity contribution in [3.8, 4) is 0 Å². The lowest BCUT2D eigenvalue weighted by molar-refractivity contribution is -0.122. The molecule has 0 radical (unpaired) electrons. The van der Waals surface area contributed by atoms with Gasteiger partial charge in [0.05, 0.1) is 6.54 Å². The predicted octanol–water partition coefficient (Wildman–Crippen LogP) is 3.62. The van der Waals surface area contributed by atoms with Gasteiger partial charge in [-0.05, 0) is 94.0 Å². The molecule has 4 aliphatic carbocycles. The van der Waals surface area contributed by atoms with E-state index < -0.39 is 0 Å². The second kappa shape index (κ2) is 7.31. The lowest BCUT2D eigenvalue weighted by atomic mass is 9.49. The summed E-state index contributed by atoms with van der Waals surface area (Å²) in [6.45, 7) is 3.77. The summed E-state index contributed by atoms with van der Waals surface area (Å²) in [6.07, 6.45) is 14.0. The van der Waals surface area contributed by atoms with E-state index in [0.717, 1.165) is 37.4 Å². The Kier molecular flexibility index (Phi) is 5.57. The smallest absolute Gasteiger partial charge is 0.234 e. The van der Waals surface area contributed by atoms with E-state index in [4.69, 9.17) is 0 Å². The molecule has 4 bridgehead atoms. The number of nitrogens with zero attached hydrogens (tertiary/aromatic N) is 1. The summed E-state index contributed by atoms with van der Waals surface area (Å²) in [5, 5.41) is 3.22. The monoisotopic (exact) mass is 340 g/mol. The molecule has 0 unspecified atom stereocenters. The summed E-state index contributed by atoms with van der Waals surface area (Å²) in [5.74, 6) is 3.33. The Morgan fingerprint density at radius 3 is 2.09 bits per heavy atom. The van der Waals surface area contributed by atoms with E-state index in [2.05, 4.69) is 10.2 Å². The van der Waals surface area contributed by atoms with Gasteiger partial charge in [-0.3, -0.25) is 9.69 Å². The van der Waals surface area contributed by atoms with Gasteiger partial charge < -0.3 is 5.32 Å². The molecular weight excluding hydrogens is 308 g/mol. The Morgan fingerprint density at radius 2 is 1.52 bits per heavy atom. The van der Waals surface area contributed by atoms with Gasteiger partial charge in [0.25, 0.3) is 0 Å². The van der Waals surface area contributed by atoms with Crippen molar-refractivity contribution in [2.75, 3.05) is 26.2 Å². The minimum absolute atomic E-state index is 0. The van der Waals surface area contributed by atoms with E-state index in [1.165, 1.54) is 64.2 Å². The molecule has 0 aromatic heterocycles. The number of amides is 1. The molecule has 132 valence electrons. The quantitative estimate of drug-likeness (QED) is 0.829. The zero-order chi connectivity index (χ0) is 15.0. The molecule has 3 nitrogen and oxygen atoms in total. The molecule has 0 aromatic rings. The average molecular weight is 341 g/mol. The highest BCUT2D eigenvalue weighted by molar-refractivity contribution is 5.85. The summed E-state index contributed by atoms with van der Waals surface area (Å²) < 4.78 is 0. The van der Waals surface area contributed by atoms with E-state index in [1.54, 1.807) is 0 Å². The number of carbonyl (C=O) groups is 1. The predicted molar refractivity (Wildman–Crippen MR) is 95.8 cm³/mol. The van der Waals surface area contributed by atoms with E-state index >= 15 is 0 Å². The van der Waals surface area contributed by atoms with E-state index in [9.17, 15) is 4.79 Å². The van der Waals surface area contributed by atoms with E-state index in [0.29, 0.717) is 12.0 Å². The SMILES string of the molecule is Cl.O=C(CN1CCCCC1)NCCC12CC3CC(CC(C3)C1)C2. The minimum atomic E-state index is 0. The van der Waals surface area contributed by atoms with E-state index in [1.807, 2.05) is 0 Å². The number of carbonyl (C=O) groups excluding carboxylic acids is 1. The third kappa shape index (κ3) is 4.04. The normalized spacial score (nSPS) is 39.0. The highest BCUT2D eigenvalue weighted by Crippen LogP contribution is 2.61. The highest BCUT2D eigenvalue weighted by atomic mass is 35.5. The molecule has 0 atom stereocenters. The number of hydrogen-bond acceptors (Lipinski definition) is 2. The van der Waals surface area contributed by atoms with Crippen molar-refractivity contribution < 1.29 is 4.79 Å². The highest BCUT2D eigenvalue weighted by Gasteiger charge is 2.50. The molecule has 5 rings (SSSR count). The van der Waals surface area contributed by atoms with Gasteiger partial charge in [-0.2, -0.15) is 0 Å². The van der Waals surface area contributed by atoms with Crippen LogP contribution in [-0.4, -0.2) is 37.0 Å². The zero-order valence-corrected chi connectivity index (χ0v) is 15.2. The van der Waals surface area contributed by atoms with Crippen molar-refractivity contribution in [1.82, 2.24) is 10.2 Å². The van der Waals surface area contributed by atoms with Crippen molar-refractivity contribution in [1.29, 1.82) is 0 Å². The standard InChI is InChI=1S/C19H32N2O.ClH/c22-18(14-21-6-2-1-3-7-21)20-5-4-19-11-15-8-16(12-19)10-17(9-15)13-19;/h15-17H,1-14H2,(H,20,22);1H. The molecule has 1 aliphatic heterocycles. The maximum atomic E-state index is 12.1. The van der Waals surface area contributed by atoms with Crippen molar-refractivity contribution in [2.24, 2.45) is 23.2 Å². The van der Waals surface area contributed by atoms with Crippen LogP contribution in [0.15, 0.2) is 0 Å². The Hall–Kier alpha value is -0.280. The molecular formula is C19H33ClN2O. The van der Waals surface area contributed by atoms with Crippen LogP contribution in [0.25, 0.3) is 0 Å². The van der Waals surface area contributed by atoms with Crippen LogP contribution in [0.4, 0.5) is 0 Å². The molecule has 4 saturated carbocycles. The summed E-state index contributed by atoms with van der Waals surface area (Å²) in [5.41, 5.74) is 0.604. The summed E-state index contributed by atoms with van der Waals surface area (Å²) in [7, 11) is 0. The number of nitrogens with one attached hydrogen (secondary N) is 1. The first-order valence-corrected chi connectivity index (χ1v) is 9.70. The second-order valence-electron chi connectivity index (χ2n) is 8.85. The first-order valence-electron chi connectivity index (χ1n) is 9.70. The van der Waals surface area contributed by atoms with Crippen LogP contribution in [0.2, 0.25) is 0 Å². The lowest BCUT2D eigenvalue weighted by Gasteiger charge is -2.57. The molecule has 1 saturated heterocycles. The summed E-state index contributed by atoms with van der Waals surface area (Å²) in [6, 6.07) is 0. The van der Waals surface area contributed by atoms with Crippen molar-refractivity contribution in [2.45, 2.75) is 64.2 Å². The first-order chi connectivity index (χ1) is 10.7. The maximum Gasteiger partial charge on any atom is 0.234 e. The third-order valence-electron chi connectivity index (χ3n) is 6.96. The molecule has 5 aliphatic rings. The third-order valence-corrected chi connectivity index (χ3v) is 6.96. The van der Waals surface area contributed by atoms with Gasteiger partial charge in [0.1, 0.15) is 0 Å². The fourth-order valence-electron chi connectivity index (χ4n) is 6.44. The second-order valence-corrected chi connectivity index (χ2v) is 8.85. The Bertz CT molecular complexity index is 384. The van der Waals surface area contributed by atoms with Gasteiger partial charge in [-0.25, -0.2) is 0 Å². The van der Waals surface area contributed by atoms with Crippen LogP contribution in [0.1, 0.15) is 64.2 Å². The molecule has 1 amide bonds. The number of piperidine rings is 1. The maximum absolute atomic E-state index is 12.1. The molecule has 4 heteroatoms. The van der Waals surface area contributed by atoms with Gasteiger partial charge >= 0.3 is 0 Å². The van der Waals surface area contributed by atoms with Gasteiger partial charge in [0.15, 0.2) is 0 Å². The molecule has 23 heavy (non-hydrogen) atoms. The van der Waals surface area contributed by atoms with Gasteiger partial charge in [-0.15, -0.1) is 12.4 Å². The molecule has 5 fully saturated rings. The lowest BCUT2D eigenvalue weighted by Crippen LogP contribution is -2.47.